The molecule has 2 fully saturated rings. The number of anilines is 2. The summed E-state index contributed by atoms with van der Waals surface area (Å²) in [7, 11) is -1.37. The Hall–Kier alpha value is -2.80. The quantitative estimate of drug-likeness (QED) is 0.485. The monoisotopic (exact) mass is 500 g/mol. The van der Waals surface area contributed by atoms with Gasteiger partial charge in [-0.1, -0.05) is 0 Å². The molecule has 2 N–H and O–H groups in total. The summed E-state index contributed by atoms with van der Waals surface area (Å²) in [5.74, 6) is 1.05. The van der Waals surface area contributed by atoms with Crippen LogP contribution in [-0.4, -0.2) is 117 Å². The predicted octanol–water partition coefficient (Wildman–Crippen LogP) is 0.919. The van der Waals surface area contributed by atoms with Crippen molar-refractivity contribution in [1.82, 2.24) is 29.7 Å². The Labute approximate surface area is 205 Å². The van der Waals surface area contributed by atoms with Crippen LogP contribution in [0.4, 0.5) is 11.5 Å². The Balaban J connectivity index is 1.41. The molecule has 2 saturated heterocycles. The molecule has 0 atom stereocenters. The molecule has 3 aromatic rings. The van der Waals surface area contributed by atoms with Crippen LogP contribution in [0.25, 0.3) is 22.6 Å². The van der Waals surface area contributed by atoms with E-state index in [1.54, 1.807) is 0 Å². The number of hydrogen-bond donors (Lipinski definition) is 2. The van der Waals surface area contributed by atoms with Gasteiger partial charge in [0.1, 0.15) is 5.52 Å². The fourth-order valence-corrected chi connectivity index (χ4v) is 4.89. The van der Waals surface area contributed by atoms with E-state index in [1.807, 2.05) is 12.1 Å². The number of rotatable bonds is 7. The lowest BCUT2D eigenvalue weighted by Gasteiger charge is -2.34. The molecule has 2 aliphatic heterocycles. The van der Waals surface area contributed by atoms with E-state index in [-0.39, 0.29) is 5.16 Å². The first kappa shape index (κ1) is 23.9. The van der Waals surface area contributed by atoms with Crippen LogP contribution in [0.2, 0.25) is 0 Å². The summed E-state index contributed by atoms with van der Waals surface area (Å²) in [6, 6.07) is 8.20. The molecule has 0 amide bonds. The first-order valence-corrected chi connectivity index (χ1v) is 13.8. The van der Waals surface area contributed by atoms with Crippen molar-refractivity contribution in [3.8, 4) is 11.4 Å². The number of hydrogen-bond acceptors (Lipinski definition) is 10. The van der Waals surface area contributed by atoms with E-state index in [9.17, 15) is 8.42 Å². The third-order valence-electron chi connectivity index (χ3n) is 6.50. The molecule has 0 unspecified atom stereocenters. The average Bonchev–Trinajstić information content (AvgIpc) is 3.31. The number of fused-ring (bicyclic) bond motifs is 1. The molecule has 1 aromatic carbocycles. The zero-order valence-electron chi connectivity index (χ0n) is 20.2. The number of nitrogens with one attached hydrogen (secondary N) is 2. The molecule has 2 aliphatic rings. The molecule has 12 heteroatoms. The summed E-state index contributed by atoms with van der Waals surface area (Å²) in [5.41, 5.74) is 2.84. The maximum absolute atomic E-state index is 12.1. The van der Waals surface area contributed by atoms with Gasteiger partial charge in [0.25, 0.3) is 0 Å². The van der Waals surface area contributed by atoms with Gasteiger partial charge in [0.15, 0.2) is 17.3 Å². The van der Waals surface area contributed by atoms with Crippen LogP contribution < -0.4 is 10.2 Å². The number of likely N-dealkylation sites (N-methyl/N-ethyl adjacent to an activating group) is 1. The number of ether oxygens (including phenoxy) is 1. The van der Waals surface area contributed by atoms with Crippen molar-refractivity contribution in [2.24, 2.45) is 0 Å². The topological polar surface area (TPSA) is 120 Å². The molecule has 0 bridgehead atoms. The minimum atomic E-state index is -3.51. The van der Waals surface area contributed by atoms with Crippen LogP contribution in [0.5, 0.6) is 0 Å². The lowest BCUT2D eigenvalue weighted by molar-refractivity contribution is 0.0398. The standard InChI is InChI=1S/C23H32N8O3S/c1-29-9-11-31(12-10-29)18-5-3-17(4-6-18)20-26-21(24-7-8-30-13-15-34-16-14-30)19-22(27-20)28-23(25-19)35(2,32)33/h3-6H,7-16H2,1-2H3,(H2,24,25,26,27,28). The number of nitrogens with zero attached hydrogens (tertiary/aromatic N) is 6. The smallest absolute Gasteiger partial charge is 0.227 e. The fourth-order valence-electron chi connectivity index (χ4n) is 4.35. The van der Waals surface area contributed by atoms with E-state index in [0.717, 1.165) is 70.8 Å². The van der Waals surface area contributed by atoms with Gasteiger partial charge in [0, 0.05) is 69.9 Å². The highest BCUT2D eigenvalue weighted by Crippen LogP contribution is 2.26. The van der Waals surface area contributed by atoms with Gasteiger partial charge in [-0.2, -0.15) is 4.98 Å². The van der Waals surface area contributed by atoms with Crippen LogP contribution in [0.15, 0.2) is 29.4 Å². The minimum Gasteiger partial charge on any atom is -0.379 e. The molecular formula is C23H32N8O3S. The lowest BCUT2D eigenvalue weighted by Crippen LogP contribution is -2.44. The van der Waals surface area contributed by atoms with E-state index in [4.69, 9.17) is 9.72 Å². The van der Waals surface area contributed by atoms with E-state index < -0.39 is 9.84 Å². The largest absolute Gasteiger partial charge is 0.379 e. The summed E-state index contributed by atoms with van der Waals surface area (Å²) in [4.78, 5) is 23.5. The van der Waals surface area contributed by atoms with Gasteiger partial charge < -0.3 is 24.8 Å². The highest BCUT2D eigenvalue weighted by molar-refractivity contribution is 7.90. The molecule has 0 saturated carbocycles. The molecular weight excluding hydrogens is 468 g/mol. The van der Waals surface area contributed by atoms with Crippen LogP contribution in [0.3, 0.4) is 0 Å². The van der Waals surface area contributed by atoms with Crippen LogP contribution in [0, 0.1) is 0 Å². The molecule has 188 valence electrons. The van der Waals surface area contributed by atoms with Gasteiger partial charge in [-0.05, 0) is 31.3 Å². The Kier molecular flexibility index (Phi) is 6.87. The van der Waals surface area contributed by atoms with E-state index in [0.29, 0.717) is 29.4 Å². The van der Waals surface area contributed by atoms with Gasteiger partial charge in [0.05, 0.1) is 13.2 Å². The second-order valence-corrected chi connectivity index (χ2v) is 11.1. The molecule has 0 radical (unpaired) electrons. The lowest BCUT2D eigenvalue weighted by atomic mass is 10.1. The Morgan fingerprint density at radius 1 is 1.00 bits per heavy atom. The van der Waals surface area contributed by atoms with Gasteiger partial charge in [-0.25, -0.2) is 18.4 Å². The van der Waals surface area contributed by atoms with Crippen LogP contribution >= 0.6 is 0 Å². The second-order valence-electron chi connectivity index (χ2n) is 9.13. The van der Waals surface area contributed by atoms with Gasteiger partial charge >= 0.3 is 0 Å². The van der Waals surface area contributed by atoms with Crippen molar-refractivity contribution in [2.45, 2.75) is 5.16 Å². The van der Waals surface area contributed by atoms with E-state index in [2.05, 4.69) is 54.1 Å². The van der Waals surface area contributed by atoms with Gasteiger partial charge in [0.2, 0.25) is 15.0 Å². The summed E-state index contributed by atoms with van der Waals surface area (Å²) in [6.45, 7) is 8.84. The zero-order valence-corrected chi connectivity index (χ0v) is 21.0. The number of aromatic nitrogens is 4. The number of H-pyrrole nitrogens is 1. The molecule has 4 heterocycles. The van der Waals surface area contributed by atoms with Crippen molar-refractivity contribution in [2.75, 3.05) is 89.1 Å². The molecule has 11 nitrogen and oxygen atoms in total. The minimum absolute atomic E-state index is 0.111. The SMILES string of the molecule is CN1CCN(c2ccc(-c3nc(NCCN4CCOCC4)c4[nH]c(S(C)(=O)=O)nc4n3)cc2)CC1. The molecule has 2 aromatic heterocycles. The number of morpholine rings is 1. The highest BCUT2D eigenvalue weighted by atomic mass is 32.2. The number of benzene rings is 1. The summed E-state index contributed by atoms with van der Waals surface area (Å²) in [6.07, 6.45) is 1.13. The fraction of sp³-hybridized carbons (Fsp3) is 0.522. The van der Waals surface area contributed by atoms with Gasteiger partial charge in [-0.3, -0.25) is 4.90 Å². The summed E-state index contributed by atoms with van der Waals surface area (Å²) >= 11 is 0. The normalized spacial score (nSPS) is 18.3. The third-order valence-corrected chi connectivity index (χ3v) is 7.39. The predicted molar refractivity (Wildman–Crippen MR) is 136 cm³/mol. The van der Waals surface area contributed by atoms with Gasteiger partial charge in [-0.15, -0.1) is 0 Å². The number of aromatic amines is 1. The molecule has 5 rings (SSSR count). The summed E-state index contributed by atoms with van der Waals surface area (Å²) in [5, 5.41) is 3.25. The van der Waals surface area contributed by atoms with Crippen molar-refractivity contribution < 1.29 is 13.2 Å². The van der Waals surface area contributed by atoms with Crippen LogP contribution in [-0.2, 0) is 14.6 Å². The van der Waals surface area contributed by atoms with Crippen molar-refractivity contribution in [1.29, 1.82) is 0 Å². The third kappa shape index (κ3) is 5.56. The Bertz CT molecular complexity index is 1260. The first-order chi connectivity index (χ1) is 16.9. The summed E-state index contributed by atoms with van der Waals surface area (Å²) < 4.78 is 29.6. The maximum atomic E-state index is 12.1. The average molecular weight is 501 g/mol. The van der Waals surface area contributed by atoms with E-state index >= 15 is 0 Å². The zero-order chi connectivity index (χ0) is 24.4. The molecule has 0 aliphatic carbocycles. The number of imidazole rings is 1. The van der Waals surface area contributed by atoms with E-state index in [1.165, 1.54) is 5.69 Å². The highest BCUT2D eigenvalue weighted by Gasteiger charge is 2.20. The number of piperazine rings is 1. The Morgan fingerprint density at radius 2 is 1.71 bits per heavy atom. The Morgan fingerprint density at radius 3 is 2.40 bits per heavy atom. The number of sulfone groups is 1. The maximum Gasteiger partial charge on any atom is 0.227 e. The van der Waals surface area contributed by atoms with Crippen molar-refractivity contribution in [3.63, 3.8) is 0 Å². The molecule has 35 heavy (non-hydrogen) atoms. The van der Waals surface area contributed by atoms with Crippen LogP contribution in [0.1, 0.15) is 0 Å². The van der Waals surface area contributed by atoms with Crippen molar-refractivity contribution >= 4 is 32.5 Å². The van der Waals surface area contributed by atoms with Crippen molar-refractivity contribution in [3.05, 3.63) is 24.3 Å². The second kappa shape index (κ2) is 10.1. The molecule has 0 spiro atoms. The first-order valence-electron chi connectivity index (χ1n) is 11.9.